The van der Waals surface area contributed by atoms with Crippen LogP contribution in [-0.4, -0.2) is 17.1 Å². The topological polar surface area (TPSA) is 62.5 Å². The Kier molecular flexibility index (Phi) is 3.08. The van der Waals surface area contributed by atoms with Crippen molar-refractivity contribution >= 4 is 5.97 Å². The second kappa shape index (κ2) is 4.09. The van der Waals surface area contributed by atoms with Gasteiger partial charge in [0.15, 0.2) is 0 Å². The van der Waals surface area contributed by atoms with Crippen LogP contribution >= 0.6 is 0 Å². The third-order valence-electron chi connectivity index (χ3n) is 1.91. The summed E-state index contributed by atoms with van der Waals surface area (Å²) in [7, 11) is 0. The predicted octanol–water partition coefficient (Wildman–Crippen LogP) is 1.15. The molecule has 13 heavy (non-hydrogen) atoms. The Hall–Kier alpha value is -1.29. The van der Waals surface area contributed by atoms with Gasteiger partial charge < -0.3 is 9.52 Å². The van der Waals surface area contributed by atoms with E-state index < -0.39 is 12.0 Å². The van der Waals surface area contributed by atoms with E-state index in [-0.39, 0.29) is 0 Å². The molecule has 4 heteroatoms. The lowest BCUT2D eigenvalue weighted by atomic mass is 10.2. The molecule has 0 radical (unpaired) electrons. The summed E-state index contributed by atoms with van der Waals surface area (Å²) < 4.78 is 5.14. The summed E-state index contributed by atoms with van der Waals surface area (Å²) in [4.78, 5) is 10.5. The molecule has 0 saturated heterocycles. The van der Waals surface area contributed by atoms with Crippen LogP contribution in [0.2, 0.25) is 0 Å². The Morgan fingerprint density at radius 1 is 1.77 bits per heavy atom. The van der Waals surface area contributed by atoms with E-state index in [9.17, 15) is 4.79 Å². The van der Waals surface area contributed by atoms with Gasteiger partial charge in [-0.3, -0.25) is 10.1 Å². The molecular weight excluding hydrogens is 170 g/mol. The summed E-state index contributed by atoms with van der Waals surface area (Å²) in [5.41, 5.74) is 1.03. The first kappa shape index (κ1) is 9.80. The van der Waals surface area contributed by atoms with Gasteiger partial charge in [-0.2, -0.15) is 0 Å². The summed E-state index contributed by atoms with van der Waals surface area (Å²) in [5.74, 6) is -0.0719. The van der Waals surface area contributed by atoms with E-state index in [2.05, 4.69) is 5.32 Å². The Balaban J connectivity index is 2.44. The molecule has 0 aliphatic carbocycles. The molecule has 1 aromatic heterocycles. The van der Waals surface area contributed by atoms with Gasteiger partial charge in [0.05, 0.1) is 12.8 Å². The molecule has 0 aromatic carbocycles. The third kappa shape index (κ3) is 2.59. The van der Waals surface area contributed by atoms with Crippen LogP contribution in [0.25, 0.3) is 0 Å². The zero-order valence-electron chi connectivity index (χ0n) is 7.70. The molecule has 0 spiro atoms. The van der Waals surface area contributed by atoms with Crippen molar-refractivity contribution in [1.82, 2.24) is 5.32 Å². The van der Waals surface area contributed by atoms with Crippen molar-refractivity contribution in [2.24, 2.45) is 0 Å². The van der Waals surface area contributed by atoms with Crippen LogP contribution in [-0.2, 0) is 11.3 Å². The highest BCUT2D eigenvalue weighted by Gasteiger charge is 2.10. The number of aliphatic carboxylic acids is 1. The van der Waals surface area contributed by atoms with Crippen molar-refractivity contribution in [1.29, 1.82) is 0 Å². The Labute approximate surface area is 76.6 Å². The van der Waals surface area contributed by atoms with Gasteiger partial charge in [0.25, 0.3) is 0 Å². The molecular formula is C9H13NO3. The molecule has 1 aromatic rings. The number of aryl methyl sites for hydroxylation is 1. The molecule has 0 amide bonds. The number of furan rings is 1. The van der Waals surface area contributed by atoms with E-state index in [1.807, 2.05) is 13.0 Å². The van der Waals surface area contributed by atoms with Gasteiger partial charge in [0, 0.05) is 0 Å². The molecule has 0 aliphatic rings. The summed E-state index contributed by atoms with van der Waals surface area (Å²) in [6.07, 6.45) is 1.60. The standard InChI is InChI=1S/C9H13NO3/c1-6-3-4-13-8(6)5-10-7(2)9(11)12/h3-4,7,10H,5H2,1-2H3,(H,11,12). The van der Waals surface area contributed by atoms with Crippen molar-refractivity contribution in [3.8, 4) is 0 Å². The van der Waals surface area contributed by atoms with Crippen molar-refractivity contribution < 1.29 is 14.3 Å². The smallest absolute Gasteiger partial charge is 0.320 e. The molecule has 0 bridgehead atoms. The lowest BCUT2D eigenvalue weighted by Crippen LogP contribution is -2.33. The number of carboxylic acid groups (broad SMARTS) is 1. The number of carbonyl (C=O) groups is 1. The summed E-state index contributed by atoms with van der Waals surface area (Å²) in [6, 6.07) is 1.30. The molecule has 1 atom stereocenters. The number of hydrogen-bond donors (Lipinski definition) is 2. The van der Waals surface area contributed by atoms with Crippen molar-refractivity contribution in [2.75, 3.05) is 0 Å². The maximum atomic E-state index is 10.5. The van der Waals surface area contributed by atoms with E-state index >= 15 is 0 Å². The van der Waals surface area contributed by atoms with E-state index in [0.29, 0.717) is 6.54 Å². The molecule has 0 aliphatic heterocycles. The highest BCUT2D eigenvalue weighted by Crippen LogP contribution is 2.07. The molecule has 0 fully saturated rings. The molecule has 1 rings (SSSR count). The van der Waals surface area contributed by atoms with Crippen LogP contribution in [0.4, 0.5) is 0 Å². The van der Waals surface area contributed by atoms with Crippen LogP contribution in [0, 0.1) is 6.92 Å². The van der Waals surface area contributed by atoms with E-state index in [0.717, 1.165) is 11.3 Å². The quantitative estimate of drug-likeness (QED) is 0.735. The Morgan fingerprint density at radius 3 is 2.92 bits per heavy atom. The van der Waals surface area contributed by atoms with Crippen LogP contribution in [0.5, 0.6) is 0 Å². The second-order valence-corrected chi connectivity index (χ2v) is 2.97. The number of rotatable bonds is 4. The molecule has 4 nitrogen and oxygen atoms in total. The average Bonchev–Trinajstić information content (AvgIpc) is 2.47. The normalized spacial score (nSPS) is 12.8. The zero-order chi connectivity index (χ0) is 9.84. The fourth-order valence-corrected chi connectivity index (χ4v) is 0.918. The number of carboxylic acids is 1. The van der Waals surface area contributed by atoms with Crippen molar-refractivity contribution in [3.05, 3.63) is 23.7 Å². The predicted molar refractivity (Wildman–Crippen MR) is 47.4 cm³/mol. The fourth-order valence-electron chi connectivity index (χ4n) is 0.918. The molecule has 1 heterocycles. The summed E-state index contributed by atoms with van der Waals surface area (Å²) >= 11 is 0. The summed E-state index contributed by atoms with van der Waals surface area (Å²) in [5, 5.41) is 11.4. The van der Waals surface area contributed by atoms with Crippen LogP contribution < -0.4 is 5.32 Å². The van der Waals surface area contributed by atoms with Gasteiger partial charge >= 0.3 is 5.97 Å². The third-order valence-corrected chi connectivity index (χ3v) is 1.91. The molecule has 1 unspecified atom stereocenters. The van der Waals surface area contributed by atoms with Gasteiger partial charge in [0.2, 0.25) is 0 Å². The van der Waals surface area contributed by atoms with Crippen molar-refractivity contribution in [3.63, 3.8) is 0 Å². The minimum absolute atomic E-state index is 0.451. The van der Waals surface area contributed by atoms with E-state index in [1.165, 1.54) is 0 Å². The fraction of sp³-hybridized carbons (Fsp3) is 0.444. The minimum atomic E-state index is -0.857. The van der Waals surface area contributed by atoms with Gasteiger partial charge in [-0.05, 0) is 25.5 Å². The van der Waals surface area contributed by atoms with Gasteiger partial charge in [-0.1, -0.05) is 0 Å². The first-order valence-corrected chi connectivity index (χ1v) is 4.10. The van der Waals surface area contributed by atoms with Crippen molar-refractivity contribution in [2.45, 2.75) is 26.4 Å². The SMILES string of the molecule is Cc1ccoc1CNC(C)C(=O)O. The number of hydrogen-bond acceptors (Lipinski definition) is 3. The van der Waals surface area contributed by atoms with Gasteiger partial charge in [-0.15, -0.1) is 0 Å². The number of nitrogens with one attached hydrogen (secondary N) is 1. The highest BCUT2D eigenvalue weighted by atomic mass is 16.4. The van der Waals surface area contributed by atoms with Gasteiger partial charge in [0.1, 0.15) is 11.8 Å². The molecule has 0 saturated carbocycles. The largest absolute Gasteiger partial charge is 0.480 e. The Morgan fingerprint density at radius 2 is 2.46 bits per heavy atom. The molecule has 2 N–H and O–H groups in total. The minimum Gasteiger partial charge on any atom is -0.480 e. The van der Waals surface area contributed by atoms with Crippen LogP contribution in [0.1, 0.15) is 18.2 Å². The average molecular weight is 183 g/mol. The first-order valence-electron chi connectivity index (χ1n) is 4.10. The van der Waals surface area contributed by atoms with Gasteiger partial charge in [-0.25, -0.2) is 0 Å². The second-order valence-electron chi connectivity index (χ2n) is 2.97. The Bertz CT molecular complexity index is 293. The summed E-state index contributed by atoms with van der Waals surface area (Å²) in [6.45, 7) is 3.97. The lowest BCUT2D eigenvalue weighted by molar-refractivity contribution is -0.139. The highest BCUT2D eigenvalue weighted by molar-refractivity contribution is 5.72. The lowest BCUT2D eigenvalue weighted by Gasteiger charge is -2.07. The molecule has 72 valence electrons. The first-order chi connectivity index (χ1) is 6.11. The van der Waals surface area contributed by atoms with E-state index in [1.54, 1.807) is 13.2 Å². The maximum Gasteiger partial charge on any atom is 0.320 e. The van der Waals surface area contributed by atoms with E-state index in [4.69, 9.17) is 9.52 Å². The maximum absolute atomic E-state index is 10.5. The zero-order valence-corrected chi connectivity index (χ0v) is 7.70. The van der Waals surface area contributed by atoms with Crippen LogP contribution in [0.3, 0.4) is 0 Å². The van der Waals surface area contributed by atoms with Crippen LogP contribution in [0.15, 0.2) is 16.7 Å². The monoisotopic (exact) mass is 183 g/mol.